The van der Waals surface area contributed by atoms with Crippen molar-refractivity contribution < 1.29 is 0 Å². The first kappa shape index (κ1) is 4.18. The van der Waals surface area contributed by atoms with Gasteiger partial charge < -0.3 is 4.98 Å². The zero-order chi connectivity index (χ0) is 4.41. The number of H-pyrrole nitrogens is 1. The van der Waals surface area contributed by atoms with Crippen molar-refractivity contribution in [1.29, 1.82) is 0 Å². The summed E-state index contributed by atoms with van der Waals surface area (Å²) in [5.74, 6) is 0. The van der Waals surface area contributed by atoms with Crippen LogP contribution in [0.15, 0.2) is 12.3 Å². The lowest BCUT2D eigenvalue weighted by molar-refractivity contribution is 1.39. The number of hydrogen-bond donors (Lipinski definition) is 1. The van der Waals surface area contributed by atoms with E-state index in [0.717, 1.165) is 0 Å². The molecule has 0 saturated heterocycles. The normalized spacial score (nSPS) is 8.83. The van der Waals surface area contributed by atoms with Gasteiger partial charge in [0.05, 0.1) is 6.20 Å². The van der Waals surface area contributed by atoms with Gasteiger partial charge >= 0.3 is 0 Å². The molecule has 0 unspecified atom stereocenters. The topological polar surface area (TPSA) is 15.8 Å². The summed E-state index contributed by atoms with van der Waals surface area (Å²) in [5.41, 5.74) is 0. The number of aromatic amines is 1. The molecule has 31 valence electrons. The SMILES string of the molecule is Ic1c[c][nH]c1. The molecule has 1 radical (unpaired) electrons. The second-order valence-corrected chi connectivity index (χ2v) is 2.21. The summed E-state index contributed by atoms with van der Waals surface area (Å²) in [4.78, 5) is 2.80. The molecule has 1 N–H and O–H groups in total. The van der Waals surface area contributed by atoms with Crippen LogP contribution in [0.1, 0.15) is 0 Å². The fraction of sp³-hybridized carbons (Fsp3) is 0. The van der Waals surface area contributed by atoms with E-state index < -0.39 is 0 Å². The highest BCUT2D eigenvalue weighted by Gasteiger charge is 1.76. The number of rotatable bonds is 0. The Balaban J connectivity index is 3.05. The molecule has 0 saturated carbocycles. The van der Waals surface area contributed by atoms with Crippen molar-refractivity contribution >= 4 is 22.6 Å². The van der Waals surface area contributed by atoms with Crippen LogP contribution in [0, 0.1) is 9.77 Å². The zero-order valence-corrected chi connectivity index (χ0v) is 5.19. The van der Waals surface area contributed by atoms with Crippen molar-refractivity contribution in [3.05, 3.63) is 22.0 Å². The molecule has 0 aliphatic carbocycles. The van der Waals surface area contributed by atoms with Crippen LogP contribution in [0.2, 0.25) is 0 Å². The Morgan fingerprint density at radius 1 is 1.83 bits per heavy atom. The van der Waals surface area contributed by atoms with E-state index in [0.29, 0.717) is 0 Å². The van der Waals surface area contributed by atoms with E-state index in [1.54, 1.807) is 0 Å². The lowest BCUT2D eigenvalue weighted by Gasteiger charge is -1.62. The van der Waals surface area contributed by atoms with E-state index in [1.165, 1.54) is 3.57 Å². The van der Waals surface area contributed by atoms with Crippen molar-refractivity contribution in [3.63, 3.8) is 0 Å². The van der Waals surface area contributed by atoms with Gasteiger partial charge in [-0.05, 0) is 28.7 Å². The van der Waals surface area contributed by atoms with Crippen molar-refractivity contribution in [3.8, 4) is 0 Å². The predicted molar refractivity (Wildman–Crippen MR) is 32.3 cm³/mol. The summed E-state index contributed by atoms with van der Waals surface area (Å²) < 4.78 is 1.20. The molecule has 0 bridgehead atoms. The van der Waals surface area contributed by atoms with Crippen LogP contribution >= 0.6 is 22.6 Å². The van der Waals surface area contributed by atoms with Crippen molar-refractivity contribution in [2.75, 3.05) is 0 Å². The van der Waals surface area contributed by atoms with Gasteiger partial charge in [-0.1, -0.05) is 0 Å². The molecule has 1 aromatic heterocycles. The van der Waals surface area contributed by atoms with Gasteiger partial charge in [0.25, 0.3) is 0 Å². The molecule has 0 fully saturated rings. The Kier molecular flexibility index (Phi) is 1.14. The zero-order valence-electron chi connectivity index (χ0n) is 3.03. The van der Waals surface area contributed by atoms with Crippen molar-refractivity contribution in [2.45, 2.75) is 0 Å². The van der Waals surface area contributed by atoms with Crippen LogP contribution in [-0.4, -0.2) is 4.98 Å². The minimum atomic E-state index is 1.20. The number of nitrogens with one attached hydrogen (secondary N) is 1. The van der Waals surface area contributed by atoms with E-state index in [9.17, 15) is 0 Å². The molecule has 1 aromatic rings. The highest BCUT2D eigenvalue weighted by Crippen LogP contribution is 1.97. The molecule has 1 nitrogen and oxygen atoms in total. The van der Waals surface area contributed by atoms with Crippen LogP contribution in [0.3, 0.4) is 0 Å². The van der Waals surface area contributed by atoms with Gasteiger partial charge in [0.15, 0.2) is 0 Å². The highest BCUT2D eigenvalue weighted by molar-refractivity contribution is 14.1. The maximum atomic E-state index is 2.80. The number of aromatic nitrogens is 1. The van der Waals surface area contributed by atoms with Crippen LogP contribution in [0.25, 0.3) is 0 Å². The van der Waals surface area contributed by atoms with Gasteiger partial charge in [-0.25, -0.2) is 0 Å². The predicted octanol–water partition coefficient (Wildman–Crippen LogP) is 1.42. The summed E-state index contributed by atoms with van der Waals surface area (Å²) in [6.45, 7) is 0. The molecule has 0 spiro atoms. The number of halogens is 1. The first-order valence-electron chi connectivity index (χ1n) is 1.59. The molecule has 0 aromatic carbocycles. The Morgan fingerprint density at radius 3 is 2.83 bits per heavy atom. The van der Waals surface area contributed by atoms with Gasteiger partial charge in [-0.3, -0.25) is 0 Å². The molecule has 1 heterocycles. The van der Waals surface area contributed by atoms with E-state index in [1.807, 2.05) is 12.3 Å². The first-order valence-corrected chi connectivity index (χ1v) is 2.67. The first-order chi connectivity index (χ1) is 2.89. The lowest BCUT2D eigenvalue weighted by atomic mass is 10.7. The average molecular weight is 192 g/mol. The quantitative estimate of drug-likeness (QED) is 0.598. The maximum absolute atomic E-state index is 2.80. The van der Waals surface area contributed by atoms with Gasteiger partial charge in [-0.2, -0.15) is 0 Å². The molecule has 0 aliphatic heterocycles. The fourth-order valence-corrected chi connectivity index (χ4v) is 0.574. The van der Waals surface area contributed by atoms with Gasteiger partial charge in [-0.15, -0.1) is 0 Å². The Hall–Kier alpha value is 0.01000. The Bertz CT molecular complexity index is 111. The lowest BCUT2D eigenvalue weighted by Crippen LogP contribution is -1.47. The van der Waals surface area contributed by atoms with Gasteiger partial charge in [0, 0.05) is 9.77 Å². The Morgan fingerprint density at radius 2 is 2.67 bits per heavy atom. The van der Waals surface area contributed by atoms with E-state index in [4.69, 9.17) is 0 Å². The third kappa shape index (κ3) is 0.739. The molecular weight excluding hydrogens is 189 g/mol. The number of hydrogen-bond acceptors (Lipinski definition) is 0. The summed E-state index contributed by atoms with van der Waals surface area (Å²) in [6, 6.07) is 1.89. The van der Waals surface area contributed by atoms with Crippen molar-refractivity contribution in [1.82, 2.24) is 4.98 Å². The monoisotopic (exact) mass is 192 g/mol. The highest BCUT2D eigenvalue weighted by atomic mass is 127. The minimum absolute atomic E-state index is 1.20. The average Bonchev–Trinajstić information content (AvgIpc) is 1.86. The second-order valence-electron chi connectivity index (χ2n) is 0.962. The largest absolute Gasteiger partial charge is 0.359 e. The molecule has 6 heavy (non-hydrogen) atoms. The van der Waals surface area contributed by atoms with Crippen LogP contribution in [-0.2, 0) is 0 Å². The van der Waals surface area contributed by atoms with E-state index >= 15 is 0 Å². The summed E-state index contributed by atoms with van der Waals surface area (Å²) in [5, 5.41) is 0. The smallest absolute Gasteiger partial charge is 0.0630 e. The van der Waals surface area contributed by atoms with E-state index in [2.05, 4.69) is 33.8 Å². The molecule has 0 atom stereocenters. The minimum Gasteiger partial charge on any atom is -0.359 e. The second kappa shape index (κ2) is 1.64. The third-order valence-electron chi connectivity index (χ3n) is 0.503. The van der Waals surface area contributed by atoms with Crippen LogP contribution < -0.4 is 0 Å². The van der Waals surface area contributed by atoms with Crippen LogP contribution in [0.5, 0.6) is 0 Å². The molecular formula is C4H3IN. The third-order valence-corrected chi connectivity index (χ3v) is 1.13. The maximum Gasteiger partial charge on any atom is 0.0630 e. The van der Waals surface area contributed by atoms with E-state index in [-0.39, 0.29) is 0 Å². The fourth-order valence-electron chi connectivity index (χ4n) is 0.263. The summed E-state index contributed by atoms with van der Waals surface area (Å²) in [7, 11) is 0. The molecule has 2 heteroatoms. The van der Waals surface area contributed by atoms with Crippen LogP contribution in [0.4, 0.5) is 0 Å². The molecule has 0 amide bonds. The standard InChI is InChI=1S/C4H3IN/c5-4-1-2-6-3-4/h1,3,6H. The van der Waals surface area contributed by atoms with Gasteiger partial charge in [0.2, 0.25) is 0 Å². The van der Waals surface area contributed by atoms with Crippen molar-refractivity contribution in [2.24, 2.45) is 0 Å². The Labute approximate surface area is 49.9 Å². The molecule has 0 aliphatic rings. The molecule has 1 rings (SSSR count). The summed E-state index contributed by atoms with van der Waals surface area (Å²) in [6.07, 6.45) is 4.69. The summed E-state index contributed by atoms with van der Waals surface area (Å²) >= 11 is 2.21. The van der Waals surface area contributed by atoms with Gasteiger partial charge in [0.1, 0.15) is 0 Å².